The van der Waals surface area contributed by atoms with E-state index in [0.717, 1.165) is 30.0 Å². The maximum atomic E-state index is 12.0. The van der Waals surface area contributed by atoms with Gasteiger partial charge in [-0.25, -0.2) is 0 Å². The van der Waals surface area contributed by atoms with Crippen molar-refractivity contribution in [1.82, 2.24) is 10.2 Å². The highest BCUT2D eigenvalue weighted by molar-refractivity contribution is 5.78. The minimum Gasteiger partial charge on any atom is -0.493 e. The van der Waals surface area contributed by atoms with E-state index in [1.807, 2.05) is 23.1 Å². The summed E-state index contributed by atoms with van der Waals surface area (Å²) < 4.78 is 15.7. The first kappa shape index (κ1) is 16.6. The van der Waals surface area contributed by atoms with Crippen LogP contribution in [0.25, 0.3) is 0 Å². The van der Waals surface area contributed by atoms with Crippen LogP contribution in [0, 0.1) is 0 Å². The van der Waals surface area contributed by atoms with E-state index in [0.29, 0.717) is 32.8 Å². The van der Waals surface area contributed by atoms with Gasteiger partial charge in [-0.05, 0) is 30.7 Å². The molecule has 0 unspecified atom stereocenters. The topological polar surface area (TPSA) is 60.0 Å². The Kier molecular flexibility index (Phi) is 6.48. The van der Waals surface area contributed by atoms with Gasteiger partial charge in [0, 0.05) is 13.1 Å². The molecule has 1 aliphatic rings. The molecular formula is C16H24N2O4. The summed E-state index contributed by atoms with van der Waals surface area (Å²) in [6.45, 7) is 3.76. The first-order valence-corrected chi connectivity index (χ1v) is 7.51. The first-order valence-electron chi connectivity index (χ1n) is 7.51. The number of carbonyl (C=O) groups excluding carboxylic acids is 1. The third-order valence-corrected chi connectivity index (χ3v) is 3.68. The van der Waals surface area contributed by atoms with E-state index in [9.17, 15) is 4.79 Å². The molecule has 0 aromatic heterocycles. The predicted molar refractivity (Wildman–Crippen MR) is 83.5 cm³/mol. The number of carbonyl (C=O) groups is 1. The molecule has 6 heteroatoms. The summed E-state index contributed by atoms with van der Waals surface area (Å²) >= 11 is 0. The lowest BCUT2D eigenvalue weighted by Crippen LogP contribution is -2.44. The Balaban J connectivity index is 1.73. The van der Waals surface area contributed by atoms with Gasteiger partial charge in [-0.3, -0.25) is 4.79 Å². The number of ether oxygens (including phenoxy) is 3. The summed E-state index contributed by atoms with van der Waals surface area (Å²) in [6, 6.07) is 5.87. The van der Waals surface area contributed by atoms with Crippen LogP contribution in [-0.4, -0.2) is 64.4 Å². The summed E-state index contributed by atoms with van der Waals surface area (Å²) in [6.07, 6.45) is 0.830. The van der Waals surface area contributed by atoms with Gasteiger partial charge in [-0.1, -0.05) is 6.07 Å². The van der Waals surface area contributed by atoms with Gasteiger partial charge in [0.2, 0.25) is 5.91 Å². The number of hydrogen-bond donors (Lipinski definition) is 1. The molecule has 1 heterocycles. The Morgan fingerprint density at radius 2 is 1.95 bits per heavy atom. The standard InChI is InChI=1S/C16H24N2O4/c1-20-14-4-3-13(11-15(14)21-2)5-6-17-12-16(19)18-7-9-22-10-8-18/h3-4,11,17H,5-10,12H2,1-2H3. The van der Waals surface area contributed by atoms with E-state index in [2.05, 4.69) is 5.32 Å². The highest BCUT2D eigenvalue weighted by Crippen LogP contribution is 2.27. The number of morpholine rings is 1. The average Bonchev–Trinajstić information content (AvgIpc) is 2.59. The van der Waals surface area contributed by atoms with Gasteiger partial charge < -0.3 is 24.4 Å². The molecule has 0 radical (unpaired) electrons. The molecule has 0 aliphatic carbocycles. The van der Waals surface area contributed by atoms with E-state index >= 15 is 0 Å². The van der Waals surface area contributed by atoms with Crippen LogP contribution in [-0.2, 0) is 16.0 Å². The molecule has 2 rings (SSSR count). The molecule has 0 saturated carbocycles. The predicted octanol–water partition coefficient (Wildman–Crippen LogP) is 0.695. The molecule has 1 N–H and O–H groups in total. The minimum atomic E-state index is 0.135. The molecule has 0 bridgehead atoms. The van der Waals surface area contributed by atoms with Crippen molar-refractivity contribution in [2.24, 2.45) is 0 Å². The maximum absolute atomic E-state index is 12.0. The molecule has 6 nitrogen and oxygen atoms in total. The lowest BCUT2D eigenvalue weighted by molar-refractivity contribution is -0.134. The number of hydrogen-bond acceptors (Lipinski definition) is 5. The van der Waals surface area contributed by atoms with Crippen molar-refractivity contribution < 1.29 is 19.0 Å². The van der Waals surface area contributed by atoms with Gasteiger partial charge in [0.1, 0.15) is 0 Å². The first-order chi connectivity index (χ1) is 10.7. The number of nitrogens with zero attached hydrogens (tertiary/aromatic N) is 1. The fraction of sp³-hybridized carbons (Fsp3) is 0.562. The fourth-order valence-electron chi connectivity index (χ4n) is 2.39. The molecule has 1 aliphatic heterocycles. The number of methoxy groups -OCH3 is 2. The Morgan fingerprint density at radius 3 is 2.64 bits per heavy atom. The van der Waals surface area contributed by atoms with Crippen LogP contribution in [0.4, 0.5) is 0 Å². The van der Waals surface area contributed by atoms with Gasteiger partial charge in [-0.2, -0.15) is 0 Å². The molecule has 1 amide bonds. The van der Waals surface area contributed by atoms with Crippen LogP contribution >= 0.6 is 0 Å². The Hall–Kier alpha value is -1.79. The summed E-state index contributed by atoms with van der Waals surface area (Å²) in [7, 11) is 3.25. The van der Waals surface area contributed by atoms with Gasteiger partial charge in [0.15, 0.2) is 11.5 Å². The largest absolute Gasteiger partial charge is 0.493 e. The summed E-state index contributed by atoms with van der Waals surface area (Å²) in [5.74, 6) is 1.58. The number of nitrogens with one attached hydrogen (secondary N) is 1. The molecule has 1 saturated heterocycles. The Morgan fingerprint density at radius 1 is 1.23 bits per heavy atom. The molecule has 1 aromatic carbocycles. The summed E-state index contributed by atoms with van der Waals surface area (Å²) in [5.41, 5.74) is 1.14. The zero-order valence-electron chi connectivity index (χ0n) is 13.3. The van der Waals surface area contributed by atoms with Crippen LogP contribution in [0.15, 0.2) is 18.2 Å². The monoisotopic (exact) mass is 308 g/mol. The van der Waals surface area contributed by atoms with E-state index in [1.54, 1.807) is 14.2 Å². The van der Waals surface area contributed by atoms with Crippen molar-refractivity contribution in [2.75, 3.05) is 53.6 Å². The van der Waals surface area contributed by atoms with Crippen molar-refractivity contribution >= 4 is 5.91 Å². The molecule has 122 valence electrons. The highest BCUT2D eigenvalue weighted by Gasteiger charge is 2.15. The zero-order valence-corrected chi connectivity index (χ0v) is 13.3. The van der Waals surface area contributed by atoms with Gasteiger partial charge in [0.25, 0.3) is 0 Å². The van der Waals surface area contributed by atoms with Gasteiger partial charge >= 0.3 is 0 Å². The van der Waals surface area contributed by atoms with Crippen molar-refractivity contribution in [2.45, 2.75) is 6.42 Å². The van der Waals surface area contributed by atoms with Crippen LogP contribution < -0.4 is 14.8 Å². The third kappa shape index (κ3) is 4.61. The Bertz CT molecular complexity index is 487. The van der Waals surface area contributed by atoms with Gasteiger partial charge in [0.05, 0.1) is 34.0 Å². The fourth-order valence-corrected chi connectivity index (χ4v) is 2.39. The SMILES string of the molecule is COc1ccc(CCNCC(=O)N2CCOCC2)cc1OC. The van der Waals surface area contributed by atoms with Crippen LogP contribution in [0.5, 0.6) is 11.5 Å². The van der Waals surface area contributed by atoms with E-state index in [1.165, 1.54) is 0 Å². The van der Waals surface area contributed by atoms with Crippen molar-refractivity contribution in [3.05, 3.63) is 23.8 Å². The van der Waals surface area contributed by atoms with Crippen LogP contribution in [0.2, 0.25) is 0 Å². The zero-order chi connectivity index (χ0) is 15.8. The molecule has 0 spiro atoms. The second kappa shape index (κ2) is 8.60. The van der Waals surface area contributed by atoms with E-state index in [-0.39, 0.29) is 5.91 Å². The molecule has 1 aromatic rings. The normalized spacial score (nSPS) is 14.7. The average molecular weight is 308 g/mol. The Labute approximate surface area is 131 Å². The second-order valence-corrected chi connectivity index (χ2v) is 5.11. The van der Waals surface area contributed by atoms with Crippen molar-refractivity contribution in [3.8, 4) is 11.5 Å². The number of rotatable bonds is 7. The molecule has 22 heavy (non-hydrogen) atoms. The van der Waals surface area contributed by atoms with Gasteiger partial charge in [-0.15, -0.1) is 0 Å². The van der Waals surface area contributed by atoms with Crippen LogP contribution in [0.3, 0.4) is 0 Å². The third-order valence-electron chi connectivity index (χ3n) is 3.68. The molecular weight excluding hydrogens is 284 g/mol. The second-order valence-electron chi connectivity index (χ2n) is 5.11. The quantitative estimate of drug-likeness (QED) is 0.751. The van der Waals surface area contributed by atoms with E-state index in [4.69, 9.17) is 14.2 Å². The minimum absolute atomic E-state index is 0.135. The van der Waals surface area contributed by atoms with E-state index < -0.39 is 0 Å². The summed E-state index contributed by atoms with van der Waals surface area (Å²) in [4.78, 5) is 13.8. The lowest BCUT2D eigenvalue weighted by Gasteiger charge is -2.26. The smallest absolute Gasteiger partial charge is 0.236 e. The molecule has 0 atom stereocenters. The van der Waals surface area contributed by atoms with Crippen molar-refractivity contribution in [1.29, 1.82) is 0 Å². The van der Waals surface area contributed by atoms with Crippen LogP contribution in [0.1, 0.15) is 5.56 Å². The summed E-state index contributed by atoms with van der Waals surface area (Å²) in [5, 5.41) is 3.19. The molecule has 1 fully saturated rings. The highest BCUT2D eigenvalue weighted by atomic mass is 16.5. The maximum Gasteiger partial charge on any atom is 0.236 e. The van der Waals surface area contributed by atoms with Crippen molar-refractivity contribution in [3.63, 3.8) is 0 Å². The number of benzene rings is 1. The number of amides is 1. The lowest BCUT2D eigenvalue weighted by atomic mass is 10.1.